The number of nitrogens with zero attached hydrogens (tertiary/aromatic N) is 3. The average Bonchev–Trinajstić information content (AvgIpc) is 3.01. The van der Waals surface area contributed by atoms with Crippen molar-refractivity contribution in [3.05, 3.63) is 30.2 Å². The molecule has 7 heteroatoms. The molecule has 1 aliphatic carbocycles. The van der Waals surface area contributed by atoms with E-state index in [1.165, 1.54) is 6.33 Å². The molecule has 0 atom stereocenters. The Labute approximate surface area is 127 Å². The number of aliphatic carboxylic acids is 1. The first kappa shape index (κ1) is 14.5. The van der Waals surface area contributed by atoms with Crippen molar-refractivity contribution in [2.24, 2.45) is 5.41 Å². The summed E-state index contributed by atoms with van der Waals surface area (Å²) >= 11 is 0. The summed E-state index contributed by atoms with van der Waals surface area (Å²) in [5, 5.41) is 19.9. The number of carbonyl (C=O) groups is 2. The molecule has 2 aromatic rings. The topological polar surface area (TPSA) is 96.6 Å². The number of carboxylic acid groups (broad SMARTS) is 1. The number of pyridine rings is 1. The van der Waals surface area contributed by atoms with E-state index in [1.807, 2.05) is 0 Å². The van der Waals surface area contributed by atoms with Gasteiger partial charge in [0.25, 0.3) is 5.91 Å². The minimum absolute atomic E-state index is 0.168. The highest BCUT2D eigenvalue weighted by Gasteiger charge is 2.39. The smallest absolute Gasteiger partial charge is 0.311 e. The minimum Gasteiger partial charge on any atom is -0.481 e. The molecule has 1 amide bonds. The molecule has 0 unspecified atom stereocenters. The van der Waals surface area contributed by atoms with Crippen molar-refractivity contribution in [1.82, 2.24) is 19.9 Å². The van der Waals surface area contributed by atoms with Gasteiger partial charge in [0.1, 0.15) is 6.33 Å². The van der Waals surface area contributed by atoms with Crippen LogP contribution in [0.1, 0.15) is 42.5 Å². The maximum atomic E-state index is 12.3. The highest BCUT2D eigenvalue weighted by Crippen LogP contribution is 2.36. The number of nitrogens with one attached hydrogen (secondary N) is 1. The van der Waals surface area contributed by atoms with Gasteiger partial charge >= 0.3 is 5.97 Å². The van der Waals surface area contributed by atoms with Crippen LogP contribution < -0.4 is 5.32 Å². The van der Waals surface area contributed by atoms with E-state index in [2.05, 4.69) is 15.5 Å². The van der Waals surface area contributed by atoms with E-state index in [-0.39, 0.29) is 12.5 Å². The SMILES string of the molecule is O=C(NCC1(C(=O)O)CCCCC1)c1ccc2nncn2c1. The number of carboxylic acids is 1. The molecule has 0 bridgehead atoms. The van der Waals surface area contributed by atoms with Crippen LogP contribution in [-0.4, -0.2) is 38.1 Å². The standard InChI is InChI=1S/C15H18N4O3/c20-13(11-4-5-12-18-17-10-19(12)8-11)16-9-15(14(21)22)6-2-1-3-7-15/h4-5,8,10H,1-3,6-7,9H2,(H,16,20)(H,21,22). The van der Waals surface area contributed by atoms with E-state index >= 15 is 0 Å². The van der Waals surface area contributed by atoms with Crippen molar-refractivity contribution in [3.63, 3.8) is 0 Å². The van der Waals surface area contributed by atoms with Gasteiger partial charge in [0.05, 0.1) is 11.0 Å². The zero-order valence-corrected chi connectivity index (χ0v) is 12.2. The first-order chi connectivity index (χ1) is 10.6. The Bertz CT molecular complexity index is 704. The van der Waals surface area contributed by atoms with Crippen molar-refractivity contribution >= 4 is 17.5 Å². The second kappa shape index (κ2) is 5.75. The summed E-state index contributed by atoms with van der Waals surface area (Å²) in [7, 11) is 0. The third-order valence-electron chi connectivity index (χ3n) is 4.40. The van der Waals surface area contributed by atoms with Crippen molar-refractivity contribution < 1.29 is 14.7 Å². The van der Waals surface area contributed by atoms with Crippen molar-refractivity contribution in [3.8, 4) is 0 Å². The molecular weight excluding hydrogens is 284 g/mol. The maximum absolute atomic E-state index is 12.3. The number of hydrogen-bond acceptors (Lipinski definition) is 4. The summed E-state index contributed by atoms with van der Waals surface area (Å²) in [5.74, 6) is -1.09. The van der Waals surface area contributed by atoms with Crippen LogP contribution in [0.15, 0.2) is 24.7 Å². The van der Waals surface area contributed by atoms with Crippen LogP contribution in [0, 0.1) is 5.41 Å². The zero-order valence-electron chi connectivity index (χ0n) is 12.2. The second-order valence-electron chi connectivity index (χ2n) is 5.84. The van der Waals surface area contributed by atoms with Gasteiger partial charge in [-0.15, -0.1) is 10.2 Å². The van der Waals surface area contributed by atoms with Gasteiger partial charge in [-0.1, -0.05) is 19.3 Å². The fourth-order valence-electron chi connectivity index (χ4n) is 3.01. The van der Waals surface area contributed by atoms with E-state index < -0.39 is 11.4 Å². The third kappa shape index (κ3) is 2.66. The van der Waals surface area contributed by atoms with Crippen LogP contribution in [0.5, 0.6) is 0 Å². The Morgan fingerprint density at radius 2 is 2.05 bits per heavy atom. The van der Waals surface area contributed by atoms with Gasteiger partial charge in [0.2, 0.25) is 0 Å². The highest BCUT2D eigenvalue weighted by atomic mass is 16.4. The summed E-state index contributed by atoms with van der Waals surface area (Å²) in [6.07, 6.45) is 7.25. The van der Waals surface area contributed by atoms with Crippen molar-refractivity contribution in [2.45, 2.75) is 32.1 Å². The average molecular weight is 302 g/mol. The Kier molecular flexibility index (Phi) is 3.79. The van der Waals surface area contributed by atoms with Crippen molar-refractivity contribution in [2.75, 3.05) is 6.54 Å². The van der Waals surface area contributed by atoms with Crippen LogP contribution in [0.4, 0.5) is 0 Å². The lowest BCUT2D eigenvalue weighted by Crippen LogP contribution is -2.44. The first-order valence-electron chi connectivity index (χ1n) is 7.42. The molecule has 1 saturated carbocycles. The van der Waals surface area contributed by atoms with E-state index in [4.69, 9.17) is 0 Å². The van der Waals surface area contributed by atoms with Gasteiger partial charge in [-0.2, -0.15) is 0 Å². The Morgan fingerprint density at radius 1 is 1.27 bits per heavy atom. The second-order valence-corrected chi connectivity index (χ2v) is 5.84. The molecule has 0 saturated heterocycles. The van der Waals surface area contributed by atoms with Gasteiger partial charge in [-0.05, 0) is 25.0 Å². The molecule has 2 heterocycles. The number of aromatic nitrogens is 3. The minimum atomic E-state index is -0.825. The first-order valence-corrected chi connectivity index (χ1v) is 7.42. The molecule has 1 aliphatic rings. The van der Waals surface area contributed by atoms with E-state index in [9.17, 15) is 14.7 Å². The Morgan fingerprint density at radius 3 is 2.77 bits per heavy atom. The number of carbonyl (C=O) groups excluding carboxylic acids is 1. The molecule has 0 aliphatic heterocycles. The molecule has 2 N–H and O–H groups in total. The van der Waals surface area contributed by atoms with Crippen LogP contribution in [0.3, 0.4) is 0 Å². The molecule has 22 heavy (non-hydrogen) atoms. The lowest BCUT2D eigenvalue weighted by molar-refractivity contribution is -0.150. The predicted molar refractivity (Wildman–Crippen MR) is 78.5 cm³/mol. The van der Waals surface area contributed by atoms with Crippen LogP contribution in [0.25, 0.3) is 5.65 Å². The zero-order chi connectivity index (χ0) is 15.6. The molecule has 3 rings (SSSR count). The molecule has 0 spiro atoms. The third-order valence-corrected chi connectivity index (χ3v) is 4.40. The summed E-state index contributed by atoms with van der Waals surface area (Å²) in [6, 6.07) is 3.36. The van der Waals surface area contributed by atoms with Crippen LogP contribution in [-0.2, 0) is 4.79 Å². The largest absolute Gasteiger partial charge is 0.481 e. The fourth-order valence-corrected chi connectivity index (χ4v) is 3.01. The molecule has 116 valence electrons. The Hall–Kier alpha value is -2.44. The predicted octanol–water partition coefficient (Wildman–Crippen LogP) is 1.49. The molecule has 2 aromatic heterocycles. The number of hydrogen-bond donors (Lipinski definition) is 2. The quantitative estimate of drug-likeness (QED) is 0.892. The van der Waals surface area contributed by atoms with Crippen LogP contribution >= 0.6 is 0 Å². The van der Waals surface area contributed by atoms with Gasteiger partial charge in [0.15, 0.2) is 5.65 Å². The monoisotopic (exact) mass is 302 g/mol. The van der Waals surface area contributed by atoms with Gasteiger partial charge in [0, 0.05) is 12.7 Å². The molecule has 1 fully saturated rings. The number of amides is 1. The van der Waals surface area contributed by atoms with Crippen LogP contribution in [0.2, 0.25) is 0 Å². The number of fused-ring (bicyclic) bond motifs is 1. The summed E-state index contributed by atoms with van der Waals surface area (Å²) in [6.45, 7) is 0.168. The summed E-state index contributed by atoms with van der Waals surface area (Å²) in [4.78, 5) is 23.9. The summed E-state index contributed by atoms with van der Waals surface area (Å²) < 4.78 is 1.66. The molecule has 7 nitrogen and oxygen atoms in total. The normalized spacial score (nSPS) is 17.3. The van der Waals surface area contributed by atoms with Gasteiger partial charge in [-0.3, -0.25) is 14.0 Å². The lowest BCUT2D eigenvalue weighted by Gasteiger charge is -2.33. The van der Waals surface area contributed by atoms with E-state index in [0.717, 1.165) is 19.3 Å². The molecule has 0 radical (unpaired) electrons. The Balaban J connectivity index is 1.71. The summed E-state index contributed by atoms with van der Waals surface area (Å²) in [5.41, 5.74) is 0.295. The molecule has 0 aromatic carbocycles. The highest BCUT2D eigenvalue weighted by molar-refractivity contribution is 5.94. The maximum Gasteiger partial charge on any atom is 0.311 e. The van der Waals surface area contributed by atoms with E-state index in [1.54, 1.807) is 22.7 Å². The molecular formula is C15H18N4O3. The number of rotatable bonds is 4. The van der Waals surface area contributed by atoms with Gasteiger partial charge in [-0.25, -0.2) is 0 Å². The van der Waals surface area contributed by atoms with Gasteiger partial charge < -0.3 is 10.4 Å². The van der Waals surface area contributed by atoms with E-state index in [0.29, 0.717) is 24.1 Å². The lowest BCUT2D eigenvalue weighted by atomic mass is 9.74. The van der Waals surface area contributed by atoms with Crippen molar-refractivity contribution in [1.29, 1.82) is 0 Å². The fraction of sp³-hybridized carbons (Fsp3) is 0.467.